The highest BCUT2D eigenvalue weighted by atomic mass is 35.5. The summed E-state index contributed by atoms with van der Waals surface area (Å²) in [6.07, 6.45) is 0. The molecule has 2 aromatic rings. The van der Waals surface area contributed by atoms with E-state index in [1.807, 2.05) is 12.1 Å². The van der Waals surface area contributed by atoms with Crippen LogP contribution in [0.15, 0.2) is 36.4 Å². The summed E-state index contributed by atoms with van der Waals surface area (Å²) < 4.78 is 5.23. The summed E-state index contributed by atoms with van der Waals surface area (Å²) in [5.41, 5.74) is 1.37. The highest BCUT2D eigenvalue weighted by molar-refractivity contribution is 7.80. The number of nitro benzene ring substituents is 1. The van der Waals surface area contributed by atoms with Gasteiger partial charge in [0.2, 0.25) is 0 Å². The van der Waals surface area contributed by atoms with Crippen LogP contribution in [0.25, 0.3) is 0 Å². The van der Waals surface area contributed by atoms with E-state index in [1.165, 1.54) is 12.1 Å². The van der Waals surface area contributed by atoms with Gasteiger partial charge in [-0.2, -0.15) is 0 Å². The Labute approximate surface area is 196 Å². The summed E-state index contributed by atoms with van der Waals surface area (Å²) in [7, 11) is 2.09. The number of likely N-dealkylation sites (N-methyl/N-ethyl adjacent to an activating group) is 1. The molecule has 0 saturated carbocycles. The second-order valence-corrected chi connectivity index (χ2v) is 8.05. The van der Waals surface area contributed by atoms with Crippen molar-refractivity contribution in [3.05, 3.63) is 57.1 Å². The fourth-order valence-electron chi connectivity index (χ4n) is 3.30. The maximum absolute atomic E-state index is 12.5. The number of rotatable bonds is 6. The maximum Gasteiger partial charge on any atom is 0.311 e. The molecule has 0 bridgehead atoms. The van der Waals surface area contributed by atoms with E-state index in [-0.39, 0.29) is 28.7 Å². The molecule has 3 rings (SSSR count). The minimum Gasteiger partial charge on any atom is -0.487 e. The van der Waals surface area contributed by atoms with Gasteiger partial charge in [0.05, 0.1) is 22.2 Å². The van der Waals surface area contributed by atoms with Crippen molar-refractivity contribution in [2.45, 2.75) is 6.92 Å². The molecule has 1 saturated heterocycles. The molecule has 0 aromatic heterocycles. The molecule has 0 atom stereocenters. The number of nitro groups is 1. The highest BCUT2D eigenvalue weighted by Gasteiger charge is 2.20. The lowest BCUT2D eigenvalue weighted by Crippen LogP contribution is -2.44. The van der Waals surface area contributed by atoms with E-state index >= 15 is 0 Å². The van der Waals surface area contributed by atoms with Gasteiger partial charge in [0, 0.05) is 43.5 Å². The number of carbonyl (C=O) groups excluding carboxylic acids is 1. The molecule has 1 amide bonds. The van der Waals surface area contributed by atoms with Crippen molar-refractivity contribution in [3.63, 3.8) is 0 Å². The minimum absolute atomic E-state index is 0.0509. The molecule has 1 aliphatic heterocycles. The van der Waals surface area contributed by atoms with E-state index in [1.54, 1.807) is 13.0 Å². The number of ether oxygens (including phenoxy) is 1. The van der Waals surface area contributed by atoms with Gasteiger partial charge in [0.1, 0.15) is 0 Å². The van der Waals surface area contributed by atoms with Crippen molar-refractivity contribution in [1.82, 2.24) is 10.2 Å². The Hall–Kier alpha value is -2.95. The Morgan fingerprint density at radius 3 is 2.56 bits per heavy atom. The molecule has 0 radical (unpaired) electrons. The zero-order valence-corrected chi connectivity index (χ0v) is 19.3. The average molecular weight is 478 g/mol. The van der Waals surface area contributed by atoms with Crippen LogP contribution in [0.1, 0.15) is 17.3 Å². The van der Waals surface area contributed by atoms with Gasteiger partial charge in [0.15, 0.2) is 10.9 Å². The highest BCUT2D eigenvalue weighted by Crippen LogP contribution is 2.30. The number of benzene rings is 2. The van der Waals surface area contributed by atoms with Crippen LogP contribution in [0.2, 0.25) is 5.02 Å². The first-order valence-corrected chi connectivity index (χ1v) is 10.8. The van der Waals surface area contributed by atoms with Crippen LogP contribution in [0.3, 0.4) is 0 Å². The Bertz CT molecular complexity index is 1030. The van der Waals surface area contributed by atoms with Crippen molar-refractivity contribution in [3.8, 4) is 5.75 Å². The van der Waals surface area contributed by atoms with Crippen molar-refractivity contribution in [2.75, 3.05) is 50.1 Å². The van der Waals surface area contributed by atoms with E-state index in [0.29, 0.717) is 10.7 Å². The topological polar surface area (TPSA) is 100.0 Å². The van der Waals surface area contributed by atoms with Crippen LogP contribution in [0.4, 0.5) is 17.1 Å². The molecule has 170 valence electrons. The first-order valence-electron chi connectivity index (χ1n) is 10.0. The normalized spacial score (nSPS) is 14.0. The Morgan fingerprint density at radius 2 is 1.94 bits per heavy atom. The monoisotopic (exact) mass is 477 g/mol. The predicted octanol–water partition coefficient (Wildman–Crippen LogP) is 3.53. The molecule has 1 fully saturated rings. The number of thiocarbonyl (C=S) groups is 1. The summed E-state index contributed by atoms with van der Waals surface area (Å²) in [6.45, 7) is 5.72. The number of halogens is 1. The Kier molecular flexibility index (Phi) is 7.84. The van der Waals surface area contributed by atoms with E-state index in [9.17, 15) is 14.9 Å². The number of nitrogens with zero attached hydrogens (tertiary/aromatic N) is 3. The molecule has 11 heteroatoms. The second kappa shape index (κ2) is 10.6. The summed E-state index contributed by atoms with van der Waals surface area (Å²) in [4.78, 5) is 27.7. The molecule has 2 N–H and O–H groups in total. The molecule has 1 aliphatic rings. The maximum atomic E-state index is 12.5. The van der Waals surface area contributed by atoms with Gasteiger partial charge in [-0.3, -0.25) is 20.2 Å². The van der Waals surface area contributed by atoms with Gasteiger partial charge in [-0.1, -0.05) is 11.6 Å². The Morgan fingerprint density at radius 1 is 1.22 bits per heavy atom. The average Bonchev–Trinajstić information content (AvgIpc) is 2.75. The lowest BCUT2D eigenvalue weighted by Gasteiger charge is -2.34. The third-order valence-corrected chi connectivity index (χ3v) is 5.50. The number of amides is 1. The number of hydrogen-bond acceptors (Lipinski definition) is 7. The van der Waals surface area contributed by atoms with Crippen LogP contribution >= 0.6 is 23.8 Å². The molecule has 1 heterocycles. The fourth-order valence-corrected chi connectivity index (χ4v) is 3.82. The number of carbonyl (C=O) groups is 1. The summed E-state index contributed by atoms with van der Waals surface area (Å²) >= 11 is 11.7. The third kappa shape index (κ3) is 5.84. The quantitative estimate of drug-likeness (QED) is 0.370. The Balaban J connectivity index is 1.64. The molecule has 0 unspecified atom stereocenters. The van der Waals surface area contributed by atoms with Gasteiger partial charge in [0.25, 0.3) is 5.91 Å². The zero-order valence-electron chi connectivity index (χ0n) is 17.8. The van der Waals surface area contributed by atoms with E-state index < -0.39 is 10.8 Å². The van der Waals surface area contributed by atoms with E-state index in [4.69, 9.17) is 28.6 Å². The minimum atomic E-state index is -0.595. The summed E-state index contributed by atoms with van der Waals surface area (Å²) in [6, 6.07) is 9.48. The van der Waals surface area contributed by atoms with Gasteiger partial charge in [-0.25, -0.2) is 0 Å². The van der Waals surface area contributed by atoms with Crippen molar-refractivity contribution >= 4 is 51.9 Å². The summed E-state index contributed by atoms with van der Waals surface area (Å²) in [5, 5.41) is 17.3. The first kappa shape index (κ1) is 23.7. The van der Waals surface area contributed by atoms with Crippen molar-refractivity contribution in [2.24, 2.45) is 0 Å². The standard InChI is InChI=1S/C21H24ClN5O4S/c1-3-31-19-7-4-14(12-18(19)27(29)30)20(28)24-21(32)23-15-5-6-17(16(22)13-15)26-10-8-25(2)9-11-26/h4-7,12-13H,3,8-11H2,1-2H3,(H2,23,24,28,32). The molecule has 32 heavy (non-hydrogen) atoms. The van der Waals surface area contributed by atoms with Gasteiger partial charge in [-0.15, -0.1) is 0 Å². The number of anilines is 2. The van der Waals surface area contributed by atoms with Crippen LogP contribution < -0.4 is 20.3 Å². The molecule has 0 aliphatic carbocycles. The predicted molar refractivity (Wildman–Crippen MR) is 129 cm³/mol. The van der Waals surface area contributed by atoms with Crippen molar-refractivity contribution < 1.29 is 14.5 Å². The number of piperazine rings is 1. The molecular formula is C21H24ClN5O4S. The van der Waals surface area contributed by atoms with Gasteiger partial charge in [-0.05, 0) is 56.5 Å². The van der Waals surface area contributed by atoms with Crippen LogP contribution in [-0.2, 0) is 0 Å². The van der Waals surface area contributed by atoms with E-state index in [2.05, 4.69) is 27.5 Å². The van der Waals surface area contributed by atoms with Crippen LogP contribution in [0, 0.1) is 10.1 Å². The van der Waals surface area contributed by atoms with E-state index in [0.717, 1.165) is 37.9 Å². The lowest BCUT2D eigenvalue weighted by atomic mass is 10.1. The molecule has 2 aromatic carbocycles. The van der Waals surface area contributed by atoms with Crippen LogP contribution in [0.5, 0.6) is 5.75 Å². The number of hydrogen-bond donors (Lipinski definition) is 2. The van der Waals surface area contributed by atoms with Gasteiger partial charge >= 0.3 is 5.69 Å². The van der Waals surface area contributed by atoms with Crippen molar-refractivity contribution in [1.29, 1.82) is 0 Å². The smallest absolute Gasteiger partial charge is 0.311 e. The third-order valence-electron chi connectivity index (χ3n) is 4.99. The molecular weight excluding hydrogens is 454 g/mol. The lowest BCUT2D eigenvalue weighted by molar-refractivity contribution is -0.385. The largest absolute Gasteiger partial charge is 0.487 e. The van der Waals surface area contributed by atoms with Crippen LogP contribution in [-0.4, -0.2) is 60.7 Å². The molecule has 9 nitrogen and oxygen atoms in total. The second-order valence-electron chi connectivity index (χ2n) is 7.24. The zero-order chi connectivity index (χ0) is 23.3. The summed E-state index contributed by atoms with van der Waals surface area (Å²) in [5.74, 6) is -0.473. The molecule has 0 spiro atoms. The number of nitrogens with one attached hydrogen (secondary N) is 2. The SMILES string of the molecule is CCOc1ccc(C(=O)NC(=S)Nc2ccc(N3CCN(C)CC3)c(Cl)c2)cc1[N+](=O)[O-]. The fraction of sp³-hybridized carbons (Fsp3) is 0.333. The van der Waals surface area contributed by atoms with Gasteiger partial charge < -0.3 is 19.9 Å². The first-order chi connectivity index (χ1) is 15.3.